The number of H-pyrrole nitrogens is 1. The molecular formula is C14H10BrN5O. The standard InChI is InChI=1S/C14H10BrN5O/c15-9-4-12(10-7-17-18-13(10)5-9)16-6-8-2-1-3-11-14(8)20-21-19-11/h1-5,7,16H,6H2,(H,17,18). The molecule has 6 nitrogen and oxygen atoms in total. The lowest BCUT2D eigenvalue weighted by atomic mass is 10.1. The van der Waals surface area contributed by atoms with Crippen LogP contribution in [-0.4, -0.2) is 20.5 Å². The Hall–Kier alpha value is -2.41. The first-order chi connectivity index (χ1) is 10.3. The van der Waals surface area contributed by atoms with Gasteiger partial charge in [-0.2, -0.15) is 5.10 Å². The summed E-state index contributed by atoms with van der Waals surface area (Å²) in [5, 5.41) is 19.3. The molecule has 0 saturated heterocycles. The molecule has 0 amide bonds. The first kappa shape index (κ1) is 12.3. The van der Waals surface area contributed by atoms with Crippen LogP contribution in [0.15, 0.2) is 45.6 Å². The van der Waals surface area contributed by atoms with E-state index in [1.165, 1.54) is 0 Å². The number of hydrogen-bond acceptors (Lipinski definition) is 5. The SMILES string of the molecule is Brc1cc(NCc2cccc3nonc23)c2cn[nH]c2c1. The topological polar surface area (TPSA) is 79.6 Å². The van der Waals surface area contributed by atoms with Crippen LogP contribution in [0.4, 0.5) is 5.69 Å². The second-order valence-corrected chi connectivity index (χ2v) is 5.60. The van der Waals surface area contributed by atoms with E-state index in [1.807, 2.05) is 36.5 Å². The predicted molar refractivity (Wildman–Crippen MR) is 82.9 cm³/mol. The van der Waals surface area contributed by atoms with Crippen LogP contribution in [0.1, 0.15) is 5.56 Å². The number of rotatable bonds is 3. The molecule has 2 N–H and O–H groups in total. The number of anilines is 1. The highest BCUT2D eigenvalue weighted by molar-refractivity contribution is 9.10. The summed E-state index contributed by atoms with van der Waals surface area (Å²) in [4.78, 5) is 0. The highest BCUT2D eigenvalue weighted by Crippen LogP contribution is 2.27. The van der Waals surface area contributed by atoms with Crippen molar-refractivity contribution in [3.63, 3.8) is 0 Å². The summed E-state index contributed by atoms with van der Waals surface area (Å²) in [5.74, 6) is 0. The third-order valence-electron chi connectivity index (χ3n) is 3.36. The number of aromatic amines is 1. The molecule has 0 spiro atoms. The molecule has 4 rings (SSSR count). The number of benzene rings is 2. The van der Waals surface area contributed by atoms with Gasteiger partial charge in [0.1, 0.15) is 11.0 Å². The molecule has 4 aromatic rings. The van der Waals surface area contributed by atoms with Crippen LogP contribution >= 0.6 is 15.9 Å². The van der Waals surface area contributed by atoms with Crippen molar-refractivity contribution in [2.75, 3.05) is 5.32 Å². The van der Waals surface area contributed by atoms with Gasteiger partial charge in [-0.15, -0.1) is 0 Å². The molecule has 0 saturated carbocycles. The van der Waals surface area contributed by atoms with Crippen LogP contribution < -0.4 is 5.32 Å². The molecule has 2 aromatic heterocycles. The summed E-state index contributed by atoms with van der Waals surface area (Å²) >= 11 is 3.50. The fourth-order valence-corrected chi connectivity index (χ4v) is 2.82. The van der Waals surface area contributed by atoms with Crippen molar-refractivity contribution in [2.45, 2.75) is 6.54 Å². The zero-order valence-corrected chi connectivity index (χ0v) is 12.4. The molecule has 0 fully saturated rings. The van der Waals surface area contributed by atoms with Crippen LogP contribution in [0.2, 0.25) is 0 Å². The van der Waals surface area contributed by atoms with Gasteiger partial charge in [-0.05, 0) is 28.5 Å². The first-order valence-electron chi connectivity index (χ1n) is 6.38. The highest BCUT2D eigenvalue weighted by atomic mass is 79.9. The van der Waals surface area contributed by atoms with Gasteiger partial charge < -0.3 is 5.32 Å². The Morgan fingerprint density at radius 1 is 1.24 bits per heavy atom. The summed E-state index contributed by atoms with van der Waals surface area (Å²) in [6.07, 6.45) is 1.81. The van der Waals surface area contributed by atoms with E-state index < -0.39 is 0 Å². The molecule has 7 heteroatoms. The van der Waals surface area contributed by atoms with E-state index in [0.717, 1.165) is 37.7 Å². The van der Waals surface area contributed by atoms with Crippen molar-refractivity contribution in [1.82, 2.24) is 20.5 Å². The molecule has 0 aliphatic rings. The number of nitrogens with one attached hydrogen (secondary N) is 2. The maximum absolute atomic E-state index is 4.78. The molecular weight excluding hydrogens is 334 g/mol. The Balaban J connectivity index is 1.69. The van der Waals surface area contributed by atoms with Gasteiger partial charge in [-0.1, -0.05) is 28.1 Å². The minimum absolute atomic E-state index is 0.627. The lowest BCUT2D eigenvalue weighted by molar-refractivity contribution is 0.315. The van der Waals surface area contributed by atoms with Crippen molar-refractivity contribution in [1.29, 1.82) is 0 Å². The normalized spacial score (nSPS) is 11.3. The average Bonchev–Trinajstić information content (AvgIpc) is 3.12. The number of nitrogens with zero attached hydrogens (tertiary/aromatic N) is 3. The van der Waals surface area contributed by atoms with Gasteiger partial charge in [0.25, 0.3) is 0 Å². The van der Waals surface area contributed by atoms with E-state index in [0.29, 0.717) is 6.54 Å². The molecule has 0 aliphatic carbocycles. The van der Waals surface area contributed by atoms with Crippen LogP contribution in [0.3, 0.4) is 0 Å². The summed E-state index contributed by atoms with van der Waals surface area (Å²) in [6.45, 7) is 0.627. The summed E-state index contributed by atoms with van der Waals surface area (Å²) in [7, 11) is 0. The Morgan fingerprint density at radius 3 is 3.14 bits per heavy atom. The quantitative estimate of drug-likeness (QED) is 0.595. The molecule has 0 bridgehead atoms. The first-order valence-corrected chi connectivity index (χ1v) is 7.17. The summed E-state index contributed by atoms with van der Waals surface area (Å²) < 4.78 is 5.77. The van der Waals surface area contributed by atoms with Gasteiger partial charge in [0, 0.05) is 27.7 Å². The van der Waals surface area contributed by atoms with Gasteiger partial charge in [0.05, 0.1) is 11.7 Å². The fourth-order valence-electron chi connectivity index (χ4n) is 2.36. The fraction of sp³-hybridized carbons (Fsp3) is 0.0714. The smallest absolute Gasteiger partial charge is 0.140 e. The van der Waals surface area contributed by atoms with Gasteiger partial charge in [-0.3, -0.25) is 5.10 Å². The van der Waals surface area contributed by atoms with E-state index in [-0.39, 0.29) is 0 Å². The van der Waals surface area contributed by atoms with E-state index in [9.17, 15) is 0 Å². The van der Waals surface area contributed by atoms with E-state index in [2.05, 4.69) is 41.8 Å². The van der Waals surface area contributed by atoms with Crippen LogP contribution in [0.5, 0.6) is 0 Å². The largest absolute Gasteiger partial charge is 0.380 e. The molecule has 104 valence electrons. The maximum atomic E-state index is 4.78. The van der Waals surface area contributed by atoms with E-state index in [1.54, 1.807) is 0 Å². The lowest BCUT2D eigenvalue weighted by Gasteiger charge is -2.08. The van der Waals surface area contributed by atoms with Crippen molar-refractivity contribution >= 4 is 43.6 Å². The molecule has 21 heavy (non-hydrogen) atoms. The van der Waals surface area contributed by atoms with Gasteiger partial charge in [0.2, 0.25) is 0 Å². The molecule has 2 aromatic carbocycles. The third kappa shape index (κ3) is 2.15. The van der Waals surface area contributed by atoms with Gasteiger partial charge >= 0.3 is 0 Å². The van der Waals surface area contributed by atoms with Crippen LogP contribution in [-0.2, 0) is 6.54 Å². The average molecular weight is 344 g/mol. The van der Waals surface area contributed by atoms with E-state index in [4.69, 9.17) is 4.63 Å². The predicted octanol–water partition coefficient (Wildman–Crippen LogP) is 3.47. The van der Waals surface area contributed by atoms with Crippen molar-refractivity contribution < 1.29 is 4.63 Å². The van der Waals surface area contributed by atoms with Crippen LogP contribution in [0, 0.1) is 0 Å². The Labute approximate surface area is 127 Å². The second kappa shape index (κ2) is 4.85. The molecule has 0 radical (unpaired) electrons. The van der Waals surface area contributed by atoms with Gasteiger partial charge in [0.15, 0.2) is 0 Å². The lowest BCUT2D eigenvalue weighted by Crippen LogP contribution is -2.00. The zero-order valence-electron chi connectivity index (χ0n) is 10.8. The Bertz CT molecular complexity index is 929. The molecule has 0 aliphatic heterocycles. The third-order valence-corrected chi connectivity index (χ3v) is 3.82. The second-order valence-electron chi connectivity index (χ2n) is 4.69. The van der Waals surface area contributed by atoms with Gasteiger partial charge in [-0.25, -0.2) is 4.63 Å². The zero-order chi connectivity index (χ0) is 14.2. The Morgan fingerprint density at radius 2 is 2.19 bits per heavy atom. The van der Waals surface area contributed by atoms with Crippen molar-refractivity contribution in [2.24, 2.45) is 0 Å². The summed E-state index contributed by atoms with van der Waals surface area (Å²) in [6, 6.07) is 9.85. The molecule has 2 heterocycles. The minimum atomic E-state index is 0.627. The Kier molecular flexibility index (Phi) is 2.85. The highest BCUT2D eigenvalue weighted by Gasteiger charge is 2.08. The van der Waals surface area contributed by atoms with Crippen molar-refractivity contribution in [3.8, 4) is 0 Å². The molecule has 0 atom stereocenters. The minimum Gasteiger partial charge on any atom is -0.380 e. The number of aromatic nitrogens is 4. The summed E-state index contributed by atoms with van der Waals surface area (Å²) in [5.41, 5.74) is 4.56. The van der Waals surface area contributed by atoms with Crippen LogP contribution in [0.25, 0.3) is 21.9 Å². The number of fused-ring (bicyclic) bond motifs is 2. The number of halogens is 1. The van der Waals surface area contributed by atoms with E-state index >= 15 is 0 Å². The maximum Gasteiger partial charge on any atom is 0.140 e. The van der Waals surface area contributed by atoms with Crippen molar-refractivity contribution in [3.05, 3.63) is 46.6 Å². The molecule has 0 unspecified atom stereocenters. The monoisotopic (exact) mass is 343 g/mol. The number of hydrogen-bond donors (Lipinski definition) is 2.